The molecule has 1 aromatic heterocycles. The van der Waals surface area contributed by atoms with Gasteiger partial charge in [0.15, 0.2) is 0 Å². The van der Waals surface area contributed by atoms with Crippen LogP contribution in [0.1, 0.15) is 19.4 Å². The van der Waals surface area contributed by atoms with E-state index >= 15 is 0 Å². The Bertz CT molecular complexity index is 873. The van der Waals surface area contributed by atoms with Gasteiger partial charge in [-0.1, -0.05) is 25.4 Å². The van der Waals surface area contributed by atoms with Crippen LogP contribution < -0.4 is 20.5 Å². The molecule has 1 saturated heterocycles. The summed E-state index contributed by atoms with van der Waals surface area (Å²) in [6, 6.07) is 5.62. The van der Waals surface area contributed by atoms with Gasteiger partial charge < -0.3 is 15.0 Å². The summed E-state index contributed by atoms with van der Waals surface area (Å²) in [5.74, 6) is 0.942. The lowest BCUT2D eigenvalue weighted by Gasteiger charge is -2.31. The van der Waals surface area contributed by atoms with E-state index in [0.717, 1.165) is 48.7 Å². The molecular formula is C20H27ClN4O2. The summed E-state index contributed by atoms with van der Waals surface area (Å²) < 4.78 is 6.86. The van der Waals surface area contributed by atoms with Crippen LogP contribution in [0.4, 0.5) is 5.69 Å². The summed E-state index contributed by atoms with van der Waals surface area (Å²) >= 11 is 6.34. The van der Waals surface area contributed by atoms with Crippen LogP contribution in [0.2, 0.25) is 5.02 Å². The molecule has 1 aliphatic heterocycles. The normalized spacial score (nSPS) is 14.7. The van der Waals surface area contributed by atoms with Gasteiger partial charge in [-0.2, -0.15) is 5.10 Å². The molecule has 0 spiro atoms. The minimum Gasteiger partial charge on any atom is -0.495 e. The van der Waals surface area contributed by atoms with Crippen molar-refractivity contribution < 1.29 is 4.74 Å². The van der Waals surface area contributed by atoms with Gasteiger partial charge in [0.25, 0.3) is 5.56 Å². The Labute approximate surface area is 165 Å². The quantitative estimate of drug-likeness (QED) is 0.850. The fourth-order valence-corrected chi connectivity index (χ4v) is 3.71. The number of aromatic nitrogens is 2. The van der Waals surface area contributed by atoms with Gasteiger partial charge in [0.1, 0.15) is 11.4 Å². The SMILES string of the molecule is COc1ccc(-c2nn(CC(C)C)c(=O)c(N3CCNCC3)c2C)cc1Cl. The fraction of sp³-hybridized carbons (Fsp3) is 0.500. The highest BCUT2D eigenvalue weighted by atomic mass is 35.5. The summed E-state index contributed by atoms with van der Waals surface area (Å²) in [7, 11) is 1.59. The van der Waals surface area contributed by atoms with E-state index in [9.17, 15) is 4.79 Å². The lowest BCUT2D eigenvalue weighted by Crippen LogP contribution is -2.47. The van der Waals surface area contributed by atoms with Gasteiger partial charge in [0.05, 0.1) is 17.8 Å². The van der Waals surface area contributed by atoms with Crippen molar-refractivity contribution in [3.8, 4) is 17.0 Å². The van der Waals surface area contributed by atoms with E-state index in [2.05, 4.69) is 24.1 Å². The highest BCUT2D eigenvalue weighted by Crippen LogP contribution is 2.32. The molecule has 2 heterocycles. The Hall–Kier alpha value is -2.05. The predicted octanol–water partition coefficient (Wildman–Crippen LogP) is 2.95. The fourth-order valence-electron chi connectivity index (χ4n) is 3.45. The first-order valence-electron chi connectivity index (χ1n) is 9.33. The van der Waals surface area contributed by atoms with E-state index < -0.39 is 0 Å². The van der Waals surface area contributed by atoms with Crippen LogP contribution in [-0.2, 0) is 6.54 Å². The number of hydrogen-bond donors (Lipinski definition) is 1. The highest BCUT2D eigenvalue weighted by molar-refractivity contribution is 6.32. The van der Waals surface area contributed by atoms with Crippen LogP contribution in [0, 0.1) is 12.8 Å². The number of anilines is 1. The molecule has 1 aliphatic rings. The standard InChI is InChI=1S/C20H27ClN4O2/c1-13(2)12-25-20(26)19(24-9-7-22-8-10-24)14(3)18(23-25)15-5-6-17(27-4)16(21)11-15/h5-6,11,13,22H,7-10,12H2,1-4H3. The summed E-state index contributed by atoms with van der Waals surface area (Å²) in [6.45, 7) is 10.1. The average Bonchev–Trinajstić information content (AvgIpc) is 2.64. The van der Waals surface area contributed by atoms with E-state index in [-0.39, 0.29) is 5.56 Å². The topological polar surface area (TPSA) is 59.4 Å². The maximum absolute atomic E-state index is 13.2. The second-order valence-electron chi connectivity index (χ2n) is 7.29. The number of methoxy groups -OCH3 is 1. The minimum absolute atomic E-state index is 0.0218. The van der Waals surface area contributed by atoms with E-state index in [1.54, 1.807) is 11.8 Å². The molecular weight excluding hydrogens is 364 g/mol. The third-order valence-corrected chi connectivity index (χ3v) is 5.06. The molecule has 0 bridgehead atoms. The number of ether oxygens (including phenoxy) is 1. The summed E-state index contributed by atoms with van der Waals surface area (Å²) in [5.41, 5.74) is 3.28. The first-order chi connectivity index (χ1) is 12.9. The van der Waals surface area contributed by atoms with Gasteiger partial charge in [-0.15, -0.1) is 0 Å². The molecule has 0 unspecified atom stereocenters. The van der Waals surface area contributed by atoms with Crippen molar-refractivity contribution in [3.05, 3.63) is 39.1 Å². The maximum Gasteiger partial charge on any atom is 0.290 e. The zero-order chi connectivity index (χ0) is 19.6. The van der Waals surface area contributed by atoms with Crippen LogP contribution in [-0.4, -0.2) is 43.1 Å². The molecule has 2 aromatic rings. The number of benzene rings is 1. The zero-order valence-electron chi connectivity index (χ0n) is 16.4. The Morgan fingerprint density at radius 2 is 2.00 bits per heavy atom. The molecule has 3 rings (SSSR count). The number of hydrogen-bond acceptors (Lipinski definition) is 5. The molecule has 0 aliphatic carbocycles. The van der Waals surface area contributed by atoms with E-state index in [0.29, 0.717) is 23.2 Å². The number of halogens is 1. The minimum atomic E-state index is -0.0218. The number of nitrogens with zero attached hydrogens (tertiary/aromatic N) is 3. The average molecular weight is 391 g/mol. The second-order valence-corrected chi connectivity index (χ2v) is 7.70. The van der Waals surface area contributed by atoms with E-state index in [1.807, 2.05) is 25.1 Å². The molecule has 0 saturated carbocycles. The highest BCUT2D eigenvalue weighted by Gasteiger charge is 2.22. The molecule has 6 nitrogen and oxygen atoms in total. The summed E-state index contributed by atoms with van der Waals surface area (Å²) in [5, 5.41) is 8.57. The smallest absolute Gasteiger partial charge is 0.290 e. The van der Waals surface area contributed by atoms with Gasteiger partial charge >= 0.3 is 0 Å². The van der Waals surface area contributed by atoms with Crippen molar-refractivity contribution in [2.75, 3.05) is 38.2 Å². The number of piperazine rings is 1. The lowest BCUT2D eigenvalue weighted by atomic mass is 10.0. The van der Waals surface area contributed by atoms with Crippen LogP contribution in [0.3, 0.4) is 0 Å². The van der Waals surface area contributed by atoms with Crippen molar-refractivity contribution in [2.24, 2.45) is 5.92 Å². The van der Waals surface area contributed by atoms with Gasteiger partial charge in [0, 0.05) is 43.9 Å². The zero-order valence-corrected chi connectivity index (χ0v) is 17.1. The van der Waals surface area contributed by atoms with Crippen LogP contribution >= 0.6 is 11.6 Å². The molecule has 0 amide bonds. The molecule has 1 N–H and O–H groups in total. The van der Waals surface area contributed by atoms with Crippen LogP contribution in [0.25, 0.3) is 11.3 Å². The largest absolute Gasteiger partial charge is 0.495 e. The Balaban J connectivity index is 2.17. The molecule has 0 atom stereocenters. The summed E-state index contributed by atoms with van der Waals surface area (Å²) in [6.07, 6.45) is 0. The third-order valence-electron chi connectivity index (χ3n) is 4.76. The predicted molar refractivity (Wildman–Crippen MR) is 110 cm³/mol. The van der Waals surface area contributed by atoms with Crippen molar-refractivity contribution in [3.63, 3.8) is 0 Å². The van der Waals surface area contributed by atoms with E-state index in [1.165, 1.54) is 0 Å². The Morgan fingerprint density at radius 1 is 1.30 bits per heavy atom. The first kappa shape index (κ1) is 19.7. The molecule has 0 radical (unpaired) electrons. The molecule has 146 valence electrons. The van der Waals surface area contributed by atoms with Gasteiger partial charge in [-0.25, -0.2) is 4.68 Å². The van der Waals surface area contributed by atoms with Gasteiger partial charge in [0.2, 0.25) is 0 Å². The monoisotopic (exact) mass is 390 g/mol. The van der Waals surface area contributed by atoms with Crippen molar-refractivity contribution in [1.29, 1.82) is 0 Å². The van der Waals surface area contributed by atoms with Gasteiger partial charge in [-0.3, -0.25) is 4.79 Å². The van der Waals surface area contributed by atoms with E-state index in [4.69, 9.17) is 21.4 Å². The van der Waals surface area contributed by atoms with Crippen molar-refractivity contribution in [1.82, 2.24) is 15.1 Å². The van der Waals surface area contributed by atoms with Crippen molar-refractivity contribution in [2.45, 2.75) is 27.3 Å². The molecule has 27 heavy (non-hydrogen) atoms. The number of rotatable bonds is 5. The lowest BCUT2D eigenvalue weighted by molar-refractivity contribution is 0.415. The second kappa shape index (κ2) is 8.31. The molecule has 1 fully saturated rings. The number of nitrogens with one attached hydrogen (secondary N) is 1. The molecule has 7 heteroatoms. The molecule has 1 aromatic carbocycles. The van der Waals surface area contributed by atoms with Crippen LogP contribution in [0.5, 0.6) is 5.75 Å². The third kappa shape index (κ3) is 4.12. The van der Waals surface area contributed by atoms with Crippen molar-refractivity contribution >= 4 is 17.3 Å². The van der Waals surface area contributed by atoms with Gasteiger partial charge in [-0.05, 0) is 31.0 Å². The maximum atomic E-state index is 13.2. The Kier molecular flexibility index (Phi) is 6.07. The Morgan fingerprint density at radius 3 is 2.59 bits per heavy atom. The first-order valence-corrected chi connectivity index (χ1v) is 9.71. The van der Waals surface area contributed by atoms with Crippen LogP contribution in [0.15, 0.2) is 23.0 Å². The summed E-state index contributed by atoms with van der Waals surface area (Å²) in [4.78, 5) is 15.3.